The van der Waals surface area contributed by atoms with E-state index in [1.165, 1.54) is 25.7 Å². The van der Waals surface area contributed by atoms with Crippen molar-refractivity contribution in [3.05, 3.63) is 6.92 Å². The second kappa shape index (κ2) is 5.87. The van der Waals surface area contributed by atoms with Gasteiger partial charge in [0.2, 0.25) is 0 Å². The van der Waals surface area contributed by atoms with Crippen LogP contribution in [0.25, 0.3) is 0 Å². The minimum Gasteiger partial charge on any atom is -0.0654 e. The summed E-state index contributed by atoms with van der Waals surface area (Å²) >= 11 is 0. The molecule has 0 rings (SSSR count). The number of unbranched alkanes of at least 4 members (excludes halogenated alkanes) is 4. The highest BCUT2D eigenvalue weighted by Crippen LogP contribution is 1.99. The molecule has 42 valence electrons. The zero-order valence-corrected chi connectivity index (χ0v) is 5.24. The van der Waals surface area contributed by atoms with Crippen molar-refractivity contribution in [3.8, 4) is 0 Å². The summed E-state index contributed by atoms with van der Waals surface area (Å²) in [5.74, 6) is 0. The van der Waals surface area contributed by atoms with Gasteiger partial charge in [-0.15, -0.1) is 0 Å². The first kappa shape index (κ1) is 6.87. The topological polar surface area (TPSA) is 0 Å². The maximum absolute atomic E-state index is 3.76. The minimum absolute atomic E-state index is 1.11. The van der Waals surface area contributed by atoms with Gasteiger partial charge < -0.3 is 0 Å². The Morgan fingerprint density at radius 3 is 2.29 bits per heavy atom. The lowest BCUT2D eigenvalue weighted by atomic mass is 10.2. The Balaban J connectivity index is 2.45. The normalized spacial score (nSPS) is 9.29. The summed E-state index contributed by atoms with van der Waals surface area (Å²) in [5.41, 5.74) is 0. The molecule has 7 heavy (non-hydrogen) atoms. The highest BCUT2D eigenvalue weighted by atomic mass is 13.9. The molecule has 0 unspecified atom stereocenters. The van der Waals surface area contributed by atoms with Crippen LogP contribution < -0.4 is 0 Å². The maximum atomic E-state index is 3.76. The van der Waals surface area contributed by atoms with Crippen LogP contribution in [0.5, 0.6) is 0 Å². The summed E-state index contributed by atoms with van der Waals surface area (Å²) in [6.07, 6.45) is 6.52. The molecule has 0 nitrogen and oxygen atoms in total. The van der Waals surface area contributed by atoms with Crippen LogP contribution in [-0.4, -0.2) is 0 Å². The summed E-state index contributed by atoms with van der Waals surface area (Å²) in [7, 11) is 0. The molecule has 0 radical (unpaired) electrons. The average Bonchev–Trinajstić information content (AvgIpc) is 1.69. The van der Waals surface area contributed by atoms with Crippen molar-refractivity contribution in [2.75, 3.05) is 0 Å². The zero-order valence-electron chi connectivity index (χ0n) is 5.24. The molecule has 0 N–H and O–H groups in total. The van der Waals surface area contributed by atoms with Gasteiger partial charge in [0.1, 0.15) is 0 Å². The Morgan fingerprint density at radius 1 is 1.14 bits per heavy atom. The van der Waals surface area contributed by atoms with Crippen molar-refractivity contribution in [1.29, 1.82) is 0 Å². The number of hydrogen-bond donors (Lipinski definition) is 0. The third-order valence-electron chi connectivity index (χ3n) is 1.10. The molecule has 0 aliphatic carbocycles. The van der Waals surface area contributed by atoms with Gasteiger partial charge in [-0.05, 0) is 12.8 Å². The van der Waals surface area contributed by atoms with Crippen LogP contribution in [0.4, 0.5) is 0 Å². The molecular formula is C7H15+. The number of hydrogen-bond acceptors (Lipinski definition) is 0. The lowest BCUT2D eigenvalue weighted by Crippen LogP contribution is -1.71. The van der Waals surface area contributed by atoms with E-state index in [1.807, 2.05) is 0 Å². The molecule has 0 aromatic heterocycles. The van der Waals surface area contributed by atoms with Gasteiger partial charge in [0.25, 0.3) is 0 Å². The van der Waals surface area contributed by atoms with E-state index >= 15 is 0 Å². The molecule has 0 saturated heterocycles. The Bertz CT molecular complexity index is 19.2. The van der Waals surface area contributed by atoms with Crippen LogP contribution >= 0.6 is 0 Å². The van der Waals surface area contributed by atoms with Crippen LogP contribution in [0.15, 0.2) is 0 Å². The zero-order chi connectivity index (χ0) is 5.54. The van der Waals surface area contributed by atoms with Crippen molar-refractivity contribution >= 4 is 0 Å². The molecule has 0 aliphatic rings. The lowest BCUT2D eigenvalue weighted by Gasteiger charge is -1.87. The molecular weight excluding hydrogens is 84.1 g/mol. The summed E-state index contributed by atoms with van der Waals surface area (Å²) in [5, 5.41) is 0. The first-order valence-electron chi connectivity index (χ1n) is 3.21. The fourth-order valence-electron chi connectivity index (χ4n) is 0.604. The fraction of sp³-hybridized carbons (Fsp3) is 0.857. The van der Waals surface area contributed by atoms with Crippen LogP contribution in [0.2, 0.25) is 0 Å². The predicted molar refractivity (Wildman–Crippen MR) is 34.1 cm³/mol. The van der Waals surface area contributed by atoms with E-state index in [9.17, 15) is 0 Å². The third-order valence-corrected chi connectivity index (χ3v) is 1.10. The second-order valence-corrected chi connectivity index (χ2v) is 1.91. The second-order valence-electron chi connectivity index (χ2n) is 1.91. The highest BCUT2D eigenvalue weighted by Gasteiger charge is 1.83. The van der Waals surface area contributed by atoms with Crippen molar-refractivity contribution in [2.24, 2.45) is 0 Å². The Morgan fingerprint density at radius 2 is 1.86 bits per heavy atom. The summed E-state index contributed by atoms with van der Waals surface area (Å²) < 4.78 is 0. The third kappa shape index (κ3) is 5.87. The molecule has 0 spiro atoms. The van der Waals surface area contributed by atoms with E-state index in [0.717, 1.165) is 6.42 Å². The molecule has 0 aliphatic heterocycles. The van der Waals surface area contributed by atoms with E-state index in [1.54, 1.807) is 0 Å². The Hall–Kier alpha value is -0.130. The molecule has 0 atom stereocenters. The molecule has 0 aromatic rings. The highest BCUT2D eigenvalue weighted by molar-refractivity contribution is 4.41. The van der Waals surface area contributed by atoms with Crippen molar-refractivity contribution in [3.63, 3.8) is 0 Å². The van der Waals surface area contributed by atoms with E-state index in [4.69, 9.17) is 0 Å². The van der Waals surface area contributed by atoms with E-state index < -0.39 is 0 Å². The first-order chi connectivity index (χ1) is 3.41. The number of rotatable bonds is 4. The Kier molecular flexibility index (Phi) is 5.76. The average molecular weight is 99.2 g/mol. The maximum Gasteiger partial charge on any atom is 0.0850 e. The summed E-state index contributed by atoms with van der Waals surface area (Å²) in [4.78, 5) is 0. The van der Waals surface area contributed by atoms with Crippen LogP contribution in [0.1, 0.15) is 39.0 Å². The molecule has 0 amide bonds. The van der Waals surface area contributed by atoms with Gasteiger partial charge in [-0.2, -0.15) is 0 Å². The molecule has 0 bridgehead atoms. The van der Waals surface area contributed by atoms with Crippen molar-refractivity contribution in [1.82, 2.24) is 0 Å². The van der Waals surface area contributed by atoms with Crippen LogP contribution in [-0.2, 0) is 0 Å². The van der Waals surface area contributed by atoms with E-state index in [-0.39, 0.29) is 0 Å². The molecule has 0 heterocycles. The summed E-state index contributed by atoms with van der Waals surface area (Å²) in [6, 6.07) is 0. The van der Waals surface area contributed by atoms with Crippen LogP contribution in [0, 0.1) is 6.92 Å². The predicted octanol–water partition coefficient (Wildman–Crippen LogP) is 2.79. The van der Waals surface area contributed by atoms with Gasteiger partial charge in [-0.25, -0.2) is 0 Å². The van der Waals surface area contributed by atoms with Crippen molar-refractivity contribution < 1.29 is 0 Å². The van der Waals surface area contributed by atoms with Gasteiger partial charge >= 0.3 is 0 Å². The van der Waals surface area contributed by atoms with Gasteiger partial charge in [0.15, 0.2) is 0 Å². The standard InChI is InChI=1S/C7H15/c1-3-5-7-6-4-2/h1,3-7H2,2H3/q+1. The molecule has 0 heteroatoms. The van der Waals surface area contributed by atoms with E-state index in [0.29, 0.717) is 0 Å². The molecule has 0 aromatic carbocycles. The van der Waals surface area contributed by atoms with Gasteiger partial charge in [0.05, 0.1) is 13.3 Å². The van der Waals surface area contributed by atoms with Crippen LogP contribution in [0.3, 0.4) is 0 Å². The van der Waals surface area contributed by atoms with Gasteiger partial charge in [0, 0.05) is 0 Å². The quantitative estimate of drug-likeness (QED) is 0.375. The van der Waals surface area contributed by atoms with Gasteiger partial charge in [-0.3, -0.25) is 0 Å². The van der Waals surface area contributed by atoms with E-state index in [2.05, 4.69) is 13.8 Å². The first-order valence-corrected chi connectivity index (χ1v) is 3.21. The monoisotopic (exact) mass is 99.1 g/mol. The van der Waals surface area contributed by atoms with Gasteiger partial charge in [-0.1, -0.05) is 19.8 Å². The smallest absolute Gasteiger partial charge is 0.0654 e. The molecule has 0 fully saturated rings. The minimum atomic E-state index is 1.11. The fourth-order valence-corrected chi connectivity index (χ4v) is 0.604. The van der Waals surface area contributed by atoms with Crippen molar-refractivity contribution in [2.45, 2.75) is 39.0 Å². The molecule has 0 saturated carbocycles. The summed E-state index contributed by atoms with van der Waals surface area (Å²) in [6.45, 7) is 5.98. The SMILES string of the molecule is [CH2+]CCCCCC. The largest absolute Gasteiger partial charge is 0.0850 e. The Labute approximate surface area is 46.9 Å². The lowest BCUT2D eigenvalue weighted by molar-refractivity contribution is 0.673.